The second-order valence-electron chi connectivity index (χ2n) is 9.08. The van der Waals surface area contributed by atoms with Gasteiger partial charge in [-0.15, -0.1) is 11.6 Å². The summed E-state index contributed by atoms with van der Waals surface area (Å²) in [6.45, 7) is 2.09. The summed E-state index contributed by atoms with van der Waals surface area (Å²) in [6.07, 6.45) is 8.92. The average molecular weight is 469 g/mol. The van der Waals surface area contributed by atoms with Crippen LogP contribution in [-0.2, 0) is 9.53 Å². The summed E-state index contributed by atoms with van der Waals surface area (Å²) < 4.78 is 4.87. The number of halogens is 1. The number of esters is 1. The van der Waals surface area contributed by atoms with Crippen molar-refractivity contribution in [2.24, 2.45) is 5.92 Å². The second-order valence-corrected chi connectivity index (χ2v) is 9.64. The van der Waals surface area contributed by atoms with Crippen LogP contribution in [0.15, 0.2) is 24.3 Å². The molecule has 1 aliphatic carbocycles. The normalized spacial score (nSPS) is 23.9. The first-order chi connectivity index (χ1) is 15.5. The molecule has 5 nitrogen and oxygen atoms in total. The van der Waals surface area contributed by atoms with Gasteiger partial charge in [-0.2, -0.15) is 0 Å². The Kier molecular flexibility index (Phi) is 12.6. The highest BCUT2D eigenvalue weighted by atomic mass is 35.5. The van der Waals surface area contributed by atoms with Crippen LogP contribution in [0, 0.1) is 5.92 Å². The Balaban J connectivity index is 1.82. The van der Waals surface area contributed by atoms with Crippen LogP contribution in [0.4, 0.5) is 0 Å². The predicted molar refractivity (Wildman–Crippen MR) is 128 cm³/mol. The van der Waals surface area contributed by atoms with Crippen LogP contribution >= 0.6 is 11.6 Å². The maximum absolute atomic E-state index is 11.5. The Labute approximate surface area is 198 Å². The van der Waals surface area contributed by atoms with Gasteiger partial charge in [-0.1, -0.05) is 69.7 Å². The summed E-state index contributed by atoms with van der Waals surface area (Å²) in [5.41, 5.74) is 2.04. The van der Waals surface area contributed by atoms with Crippen LogP contribution in [0.5, 0.6) is 0 Å². The Bertz CT molecular complexity index is 650. The topological polar surface area (TPSA) is 87.0 Å². The van der Waals surface area contributed by atoms with Gasteiger partial charge < -0.3 is 20.1 Å². The molecule has 0 radical (unpaired) electrons. The lowest BCUT2D eigenvalue weighted by Gasteiger charge is -2.24. The number of ether oxygens (including phenoxy) is 1. The molecule has 2 unspecified atom stereocenters. The number of carbonyl (C=O) groups excluding carboxylic acids is 1. The molecule has 0 amide bonds. The lowest BCUT2D eigenvalue weighted by molar-refractivity contribution is -0.144. The molecule has 1 aromatic rings. The largest absolute Gasteiger partial charge is 0.463 e. The van der Waals surface area contributed by atoms with Gasteiger partial charge in [0.05, 0.1) is 18.8 Å². The highest BCUT2D eigenvalue weighted by Crippen LogP contribution is 2.45. The van der Waals surface area contributed by atoms with E-state index in [4.69, 9.17) is 21.4 Å². The van der Waals surface area contributed by atoms with E-state index in [-0.39, 0.29) is 36.4 Å². The molecule has 0 aliphatic heterocycles. The van der Waals surface area contributed by atoms with Crippen LogP contribution in [0.1, 0.15) is 101 Å². The molecule has 0 saturated heterocycles. The Morgan fingerprint density at radius 2 is 1.84 bits per heavy atom. The summed E-state index contributed by atoms with van der Waals surface area (Å²) in [4.78, 5) is 11.5. The standard InChI is InChI=1S/C26H41ClO5/c1-2-3-6-10-23(29)19-12-14-20(15-13-19)26-21(22(27)18-24(26)30)9-7-4-5-8-11-25(31)32-17-16-28/h12-15,21-24,26,28-30H,2-11,16-18H2,1H3/t21?,22-,23+,24-,26?/m1/s1. The molecule has 2 rings (SSSR count). The highest BCUT2D eigenvalue weighted by molar-refractivity contribution is 6.21. The van der Waals surface area contributed by atoms with Crippen LogP contribution in [0.2, 0.25) is 0 Å². The summed E-state index contributed by atoms with van der Waals surface area (Å²) >= 11 is 6.62. The maximum Gasteiger partial charge on any atom is 0.305 e. The molecule has 0 heterocycles. The lowest BCUT2D eigenvalue weighted by atomic mass is 9.83. The first-order valence-corrected chi connectivity index (χ1v) is 12.8. The van der Waals surface area contributed by atoms with Crippen LogP contribution in [0.25, 0.3) is 0 Å². The number of hydrogen-bond donors (Lipinski definition) is 3. The number of aliphatic hydroxyl groups excluding tert-OH is 3. The zero-order valence-electron chi connectivity index (χ0n) is 19.4. The van der Waals surface area contributed by atoms with E-state index in [1.54, 1.807) is 0 Å². The molecule has 0 aromatic heterocycles. The summed E-state index contributed by atoms with van der Waals surface area (Å²) in [7, 11) is 0. The van der Waals surface area contributed by atoms with Crippen LogP contribution in [0.3, 0.4) is 0 Å². The van der Waals surface area contributed by atoms with Gasteiger partial charge in [0.15, 0.2) is 0 Å². The molecular formula is C26H41ClO5. The number of unbranched alkanes of at least 4 members (excludes halogenated alkanes) is 5. The van der Waals surface area contributed by atoms with Gasteiger partial charge in [0, 0.05) is 17.7 Å². The van der Waals surface area contributed by atoms with E-state index in [0.29, 0.717) is 12.8 Å². The SMILES string of the molecule is CCCCC[C@H](O)c1ccc(C2C(CCCCCCC(=O)OCCO)[C@H](Cl)C[C@H]2O)cc1. The third kappa shape index (κ3) is 8.66. The van der Waals surface area contributed by atoms with E-state index in [1.807, 2.05) is 24.3 Å². The van der Waals surface area contributed by atoms with E-state index < -0.39 is 12.2 Å². The molecule has 0 spiro atoms. The minimum Gasteiger partial charge on any atom is -0.463 e. The van der Waals surface area contributed by atoms with Gasteiger partial charge in [0.1, 0.15) is 6.61 Å². The van der Waals surface area contributed by atoms with Gasteiger partial charge in [-0.3, -0.25) is 4.79 Å². The Morgan fingerprint density at radius 1 is 1.12 bits per heavy atom. The Hall–Kier alpha value is -1.14. The van der Waals surface area contributed by atoms with Gasteiger partial charge in [0.2, 0.25) is 0 Å². The molecule has 5 atom stereocenters. The fourth-order valence-electron chi connectivity index (χ4n) is 4.82. The number of rotatable bonds is 15. The number of alkyl halides is 1. The quantitative estimate of drug-likeness (QED) is 0.186. The number of hydrogen-bond acceptors (Lipinski definition) is 5. The zero-order chi connectivity index (χ0) is 23.3. The molecule has 1 saturated carbocycles. The first-order valence-electron chi connectivity index (χ1n) is 12.3. The predicted octanol–water partition coefficient (Wildman–Crippen LogP) is 5.25. The van der Waals surface area contributed by atoms with Crippen molar-refractivity contribution in [1.82, 2.24) is 0 Å². The molecular weight excluding hydrogens is 428 g/mol. The molecule has 3 N–H and O–H groups in total. The first kappa shape index (κ1) is 27.1. The Morgan fingerprint density at radius 3 is 2.53 bits per heavy atom. The van der Waals surface area contributed by atoms with Crippen molar-refractivity contribution in [2.45, 2.75) is 101 Å². The number of carbonyl (C=O) groups is 1. The van der Waals surface area contributed by atoms with Gasteiger partial charge in [-0.25, -0.2) is 0 Å². The maximum atomic E-state index is 11.5. The molecule has 6 heteroatoms. The van der Waals surface area contributed by atoms with E-state index in [1.165, 1.54) is 0 Å². The van der Waals surface area contributed by atoms with Crippen molar-refractivity contribution >= 4 is 17.6 Å². The smallest absolute Gasteiger partial charge is 0.305 e. The van der Waals surface area contributed by atoms with Crippen molar-refractivity contribution in [1.29, 1.82) is 0 Å². The van der Waals surface area contributed by atoms with Crippen molar-refractivity contribution in [3.8, 4) is 0 Å². The van der Waals surface area contributed by atoms with E-state index in [0.717, 1.165) is 68.9 Å². The molecule has 0 bridgehead atoms. The summed E-state index contributed by atoms with van der Waals surface area (Å²) in [5.74, 6) is -0.00321. The second kappa shape index (κ2) is 14.9. The summed E-state index contributed by atoms with van der Waals surface area (Å²) in [6, 6.07) is 8.08. The number of benzene rings is 1. The monoisotopic (exact) mass is 468 g/mol. The number of aliphatic hydroxyl groups is 3. The minimum absolute atomic E-state index is 0.0252. The van der Waals surface area contributed by atoms with Gasteiger partial charge >= 0.3 is 5.97 Å². The zero-order valence-corrected chi connectivity index (χ0v) is 20.2. The fraction of sp³-hybridized carbons (Fsp3) is 0.731. The van der Waals surface area contributed by atoms with Crippen molar-refractivity contribution in [2.75, 3.05) is 13.2 Å². The van der Waals surface area contributed by atoms with Crippen molar-refractivity contribution in [3.63, 3.8) is 0 Å². The lowest BCUT2D eigenvalue weighted by Crippen LogP contribution is -2.19. The summed E-state index contributed by atoms with van der Waals surface area (Å²) in [5, 5.41) is 29.7. The highest BCUT2D eigenvalue weighted by Gasteiger charge is 2.41. The minimum atomic E-state index is -0.441. The third-order valence-electron chi connectivity index (χ3n) is 6.62. The van der Waals surface area contributed by atoms with E-state index >= 15 is 0 Å². The average Bonchev–Trinajstić information content (AvgIpc) is 3.07. The van der Waals surface area contributed by atoms with Gasteiger partial charge in [-0.05, 0) is 42.7 Å². The fourth-order valence-corrected chi connectivity index (χ4v) is 5.29. The molecule has 182 valence electrons. The van der Waals surface area contributed by atoms with E-state index in [2.05, 4.69) is 6.92 Å². The third-order valence-corrected chi connectivity index (χ3v) is 7.12. The van der Waals surface area contributed by atoms with Gasteiger partial charge in [0.25, 0.3) is 0 Å². The van der Waals surface area contributed by atoms with Crippen LogP contribution < -0.4 is 0 Å². The molecule has 1 aromatic carbocycles. The molecule has 1 aliphatic rings. The van der Waals surface area contributed by atoms with E-state index in [9.17, 15) is 15.0 Å². The molecule has 1 fully saturated rings. The van der Waals surface area contributed by atoms with Crippen LogP contribution in [-0.4, -0.2) is 46.0 Å². The van der Waals surface area contributed by atoms with Crippen molar-refractivity contribution in [3.05, 3.63) is 35.4 Å². The molecule has 32 heavy (non-hydrogen) atoms. The van der Waals surface area contributed by atoms with Crippen molar-refractivity contribution < 1.29 is 24.9 Å².